The number of carbonyl (C=O) groups excluding carboxylic acids is 1. The molecule has 0 aliphatic carbocycles. The van der Waals surface area contributed by atoms with Gasteiger partial charge in [-0.2, -0.15) is 0 Å². The molecule has 0 aliphatic rings. The average molecular weight is 197 g/mol. The number of nitrogens with two attached hydrogens (primary N) is 1. The van der Waals surface area contributed by atoms with Gasteiger partial charge in [-0.25, -0.2) is 0 Å². The minimum Gasteiger partial charge on any atom is -0.384 e. The smallest absolute Gasteiger partial charge is 0.254 e. The van der Waals surface area contributed by atoms with E-state index < -0.39 is 11.3 Å². The van der Waals surface area contributed by atoms with E-state index in [1.165, 1.54) is 0 Å². The molecule has 2 N–H and O–H groups in total. The molecule has 0 unspecified atom stereocenters. The van der Waals surface area contributed by atoms with Gasteiger partial charge in [-0.15, -0.1) is 0 Å². The van der Waals surface area contributed by atoms with E-state index in [-0.39, 0.29) is 5.56 Å². The Balaban J connectivity index is 3.05. The van der Waals surface area contributed by atoms with Crippen molar-refractivity contribution < 1.29 is 14.1 Å². The van der Waals surface area contributed by atoms with Crippen LogP contribution >= 0.6 is 0 Å². The summed E-state index contributed by atoms with van der Waals surface area (Å²) in [5.41, 5.74) is 5.39. The lowest BCUT2D eigenvalue weighted by Crippen LogP contribution is -2.27. The zero-order valence-corrected chi connectivity index (χ0v) is 8.46. The Bertz CT molecular complexity index is 331. The lowest BCUT2D eigenvalue weighted by Gasteiger charge is -2.20. The van der Waals surface area contributed by atoms with E-state index in [2.05, 4.69) is 15.9 Å². The molecular weight excluding hydrogens is 184 g/mol. The van der Waals surface area contributed by atoms with Gasteiger partial charge in [0.05, 0.1) is 6.61 Å². The van der Waals surface area contributed by atoms with Gasteiger partial charge in [0, 0.05) is 12.5 Å². The van der Waals surface area contributed by atoms with Crippen molar-refractivity contribution in [1.82, 2.24) is 5.16 Å². The average Bonchev–Trinajstić information content (AvgIpc) is 2.51. The fourth-order valence-corrected chi connectivity index (χ4v) is 1.27. The summed E-state index contributed by atoms with van der Waals surface area (Å²) in [6.45, 7) is 4.19. The van der Waals surface area contributed by atoms with Crippen LogP contribution in [0.25, 0.3) is 0 Å². The third kappa shape index (κ3) is 1.93. The largest absolute Gasteiger partial charge is 0.384 e. The van der Waals surface area contributed by atoms with E-state index in [0.717, 1.165) is 0 Å². The van der Waals surface area contributed by atoms with E-state index in [1.807, 2.05) is 13.8 Å². The summed E-state index contributed by atoms with van der Waals surface area (Å²) < 4.78 is 9.63. The zero-order chi connectivity index (χ0) is 10.8. The van der Waals surface area contributed by atoms with Gasteiger partial charge in [-0.05, 0) is 0 Å². The molecule has 77 valence electrons. The van der Waals surface area contributed by atoms with Gasteiger partial charge in [-0.3, -0.25) is 4.79 Å². The number of aromatic nitrogens is 1. The molecule has 5 heteroatoms. The molecule has 1 aromatic rings. The highest BCUT2D eigenvalue weighted by Gasteiger charge is 2.29. The van der Waals surface area contributed by atoms with Crippen LogP contribution in [-0.4, -0.2) is 24.8 Å². The standard InChI is InChI=1S/C9H13N2O3/c1-9(2,5-13-3)7-6(8(10)12)4-14-11-7/h5H2,1-3H3,(H2,10,12). The summed E-state index contributed by atoms with van der Waals surface area (Å²) in [4.78, 5) is 11.0. The van der Waals surface area contributed by atoms with Crippen molar-refractivity contribution >= 4 is 5.91 Å². The molecule has 1 radical (unpaired) electrons. The lowest BCUT2D eigenvalue weighted by atomic mass is 9.88. The van der Waals surface area contributed by atoms with Gasteiger partial charge < -0.3 is 15.0 Å². The molecule has 1 aromatic heterocycles. The van der Waals surface area contributed by atoms with Crippen molar-refractivity contribution in [3.05, 3.63) is 17.5 Å². The topological polar surface area (TPSA) is 78.3 Å². The van der Waals surface area contributed by atoms with Crippen LogP contribution in [0.1, 0.15) is 29.9 Å². The number of carbonyl (C=O) groups is 1. The van der Waals surface area contributed by atoms with E-state index in [4.69, 9.17) is 10.5 Å². The minimum atomic E-state index is -0.592. The summed E-state index contributed by atoms with van der Waals surface area (Å²) in [5.74, 6) is -0.592. The Morgan fingerprint density at radius 3 is 2.86 bits per heavy atom. The number of amides is 1. The summed E-state index contributed by atoms with van der Waals surface area (Å²) in [6, 6.07) is 0. The maximum absolute atomic E-state index is 11.0. The van der Waals surface area contributed by atoms with Crippen LogP contribution in [0, 0.1) is 6.26 Å². The van der Waals surface area contributed by atoms with Crippen molar-refractivity contribution in [2.24, 2.45) is 5.73 Å². The predicted octanol–water partition coefficient (Wildman–Crippen LogP) is 0.498. The summed E-state index contributed by atoms with van der Waals surface area (Å²) in [6.07, 6.45) is 2.35. The summed E-state index contributed by atoms with van der Waals surface area (Å²) in [5, 5.41) is 3.72. The van der Waals surface area contributed by atoms with E-state index in [9.17, 15) is 4.79 Å². The molecule has 0 aliphatic heterocycles. The summed E-state index contributed by atoms with van der Waals surface area (Å²) >= 11 is 0. The molecule has 0 saturated heterocycles. The van der Waals surface area contributed by atoms with E-state index >= 15 is 0 Å². The van der Waals surface area contributed by atoms with Gasteiger partial charge in [-0.1, -0.05) is 19.0 Å². The highest BCUT2D eigenvalue weighted by Crippen LogP contribution is 2.24. The second kappa shape index (κ2) is 3.79. The maximum atomic E-state index is 11.0. The van der Waals surface area contributed by atoms with Gasteiger partial charge in [0.1, 0.15) is 11.3 Å². The Morgan fingerprint density at radius 1 is 1.71 bits per heavy atom. The van der Waals surface area contributed by atoms with Crippen LogP contribution in [0.3, 0.4) is 0 Å². The molecule has 0 saturated carbocycles. The number of rotatable bonds is 4. The van der Waals surface area contributed by atoms with Crippen LogP contribution in [-0.2, 0) is 10.2 Å². The molecule has 0 aromatic carbocycles. The molecule has 1 amide bonds. The van der Waals surface area contributed by atoms with Crippen LogP contribution in [0.5, 0.6) is 0 Å². The second-order valence-electron chi connectivity index (χ2n) is 3.69. The second-order valence-corrected chi connectivity index (χ2v) is 3.69. The number of methoxy groups -OCH3 is 1. The molecule has 0 atom stereocenters. The number of hydrogen-bond acceptors (Lipinski definition) is 4. The molecule has 1 rings (SSSR count). The van der Waals surface area contributed by atoms with Gasteiger partial charge in [0.2, 0.25) is 6.26 Å². The van der Waals surface area contributed by atoms with Crippen LogP contribution < -0.4 is 5.73 Å². The number of nitrogens with zero attached hydrogens (tertiary/aromatic N) is 1. The van der Waals surface area contributed by atoms with Crippen LogP contribution in [0.15, 0.2) is 4.52 Å². The zero-order valence-electron chi connectivity index (χ0n) is 8.46. The van der Waals surface area contributed by atoms with Crippen molar-refractivity contribution in [2.75, 3.05) is 13.7 Å². The first kappa shape index (κ1) is 10.7. The number of ether oxygens (including phenoxy) is 1. The fraction of sp³-hybridized carbons (Fsp3) is 0.556. The quantitative estimate of drug-likeness (QED) is 0.762. The van der Waals surface area contributed by atoms with Crippen LogP contribution in [0.2, 0.25) is 0 Å². The molecule has 1 heterocycles. The van der Waals surface area contributed by atoms with E-state index in [1.54, 1.807) is 7.11 Å². The van der Waals surface area contributed by atoms with E-state index in [0.29, 0.717) is 12.3 Å². The number of hydrogen-bond donors (Lipinski definition) is 1. The van der Waals surface area contributed by atoms with Crippen molar-refractivity contribution in [3.63, 3.8) is 0 Å². The third-order valence-electron chi connectivity index (χ3n) is 1.91. The SMILES string of the molecule is COCC(C)(C)c1no[c]c1C(N)=O. The van der Waals surface area contributed by atoms with Crippen molar-refractivity contribution in [2.45, 2.75) is 19.3 Å². The predicted molar refractivity (Wildman–Crippen MR) is 48.8 cm³/mol. The Labute approximate surface area is 82.2 Å². The third-order valence-corrected chi connectivity index (χ3v) is 1.91. The number of primary amides is 1. The highest BCUT2D eigenvalue weighted by molar-refractivity contribution is 5.93. The maximum Gasteiger partial charge on any atom is 0.254 e. The molecule has 0 spiro atoms. The van der Waals surface area contributed by atoms with Gasteiger partial charge >= 0.3 is 0 Å². The van der Waals surface area contributed by atoms with Crippen molar-refractivity contribution in [1.29, 1.82) is 0 Å². The van der Waals surface area contributed by atoms with Gasteiger partial charge in [0.15, 0.2) is 0 Å². The molecular formula is C9H13N2O3. The Kier molecular flexibility index (Phi) is 2.90. The Morgan fingerprint density at radius 2 is 2.36 bits per heavy atom. The molecule has 0 fully saturated rings. The first-order valence-corrected chi connectivity index (χ1v) is 4.15. The van der Waals surface area contributed by atoms with Gasteiger partial charge in [0.25, 0.3) is 5.91 Å². The monoisotopic (exact) mass is 197 g/mol. The summed E-state index contributed by atoms with van der Waals surface area (Å²) in [7, 11) is 1.58. The van der Waals surface area contributed by atoms with Crippen molar-refractivity contribution in [3.8, 4) is 0 Å². The normalized spacial score (nSPS) is 11.6. The molecule has 0 bridgehead atoms. The first-order valence-electron chi connectivity index (χ1n) is 4.15. The highest BCUT2D eigenvalue weighted by atomic mass is 16.5. The first-order chi connectivity index (χ1) is 6.49. The van der Waals surface area contributed by atoms with Crippen LogP contribution in [0.4, 0.5) is 0 Å². The molecule has 5 nitrogen and oxygen atoms in total. The molecule has 14 heavy (non-hydrogen) atoms. The Hall–Kier alpha value is -1.36. The minimum absolute atomic E-state index is 0.187. The fourth-order valence-electron chi connectivity index (χ4n) is 1.27. The lowest BCUT2D eigenvalue weighted by molar-refractivity contribution is 0.0993.